The van der Waals surface area contributed by atoms with Crippen LogP contribution < -0.4 is 0 Å². The minimum Gasteiger partial charge on any atom is -0.507 e. The van der Waals surface area contributed by atoms with Crippen molar-refractivity contribution in [2.75, 3.05) is 0 Å². The van der Waals surface area contributed by atoms with Gasteiger partial charge in [-0.05, 0) is 34.0 Å². The number of rotatable bonds is 2. The Bertz CT molecular complexity index is 820. The molecule has 0 aliphatic carbocycles. The summed E-state index contributed by atoms with van der Waals surface area (Å²) in [7, 11) is 0. The molecule has 4 heteroatoms. The highest BCUT2D eigenvalue weighted by Gasteiger charge is 2.06. The molecular formula is C15H11N3O. The maximum atomic E-state index is 10.4. The van der Waals surface area contributed by atoms with Gasteiger partial charge in [0, 0.05) is 15.7 Å². The SMILES string of the molecule is [N-]=[N+]=NCc1ccc2cc3ccccc3c(O)c2c1. The van der Waals surface area contributed by atoms with Crippen LogP contribution in [0.3, 0.4) is 0 Å². The van der Waals surface area contributed by atoms with Crippen LogP contribution in [-0.2, 0) is 6.54 Å². The van der Waals surface area contributed by atoms with Crippen LogP contribution in [0, 0.1) is 0 Å². The molecule has 19 heavy (non-hydrogen) atoms. The van der Waals surface area contributed by atoms with Gasteiger partial charge in [-0.2, -0.15) is 0 Å². The van der Waals surface area contributed by atoms with E-state index in [9.17, 15) is 5.11 Å². The summed E-state index contributed by atoms with van der Waals surface area (Å²) in [6.07, 6.45) is 0. The number of phenolic OH excluding ortho intramolecular Hbond substituents is 1. The maximum absolute atomic E-state index is 10.4. The number of azide groups is 1. The molecule has 1 N–H and O–H groups in total. The fourth-order valence-corrected chi connectivity index (χ4v) is 2.30. The third-order valence-electron chi connectivity index (χ3n) is 3.22. The Hall–Kier alpha value is -2.71. The van der Waals surface area contributed by atoms with E-state index >= 15 is 0 Å². The predicted octanol–water partition coefficient (Wildman–Crippen LogP) is 4.51. The van der Waals surface area contributed by atoms with Gasteiger partial charge in [0.15, 0.2) is 0 Å². The number of phenols is 1. The monoisotopic (exact) mass is 249 g/mol. The maximum Gasteiger partial charge on any atom is 0.131 e. The zero-order chi connectivity index (χ0) is 13.2. The lowest BCUT2D eigenvalue weighted by atomic mass is 10.0. The highest BCUT2D eigenvalue weighted by atomic mass is 16.3. The first-order chi connectivity index (χ1) is 9.29. The molecule has 0 unspecified atom stereocenters. The minimum atomic E-state index is 0.274. The van der Waals surface area contributed by atoms with E-state index in [1.54, 1.807) is 0 Å². The third-order valence-corrected chi connectivity index (χ3v) is 3.22. The van der Waals surface area contributed by atoms with Crippen LogP contribution in [0.1, 0.15) is 5.56 Å². The Balaban J connectivity index is 2.29. The van der Waals surface area contributed by atoms with E-state index in [4.69, 9.17) is 5.53 Å². The summed E-state index contributed by atoms with van der Waals surface area (Å²) in [5.41, 5.74) is 9.23. The highest BCUT2D eigenvalue weighted by Crippen LogP contribution is 2.34. The second-order valence-electron chi connectivity index (χ2n) is 4.39. The van der Waals surface area contributed by atoms with Crippen molar-refractivity contribution in [3.05, 3.63) is 64.5 Å². The number of hydrogen-bond acceptors (Lipinski definition) is 2. The van der Waals surface area contributed by atoms with Gasteiger partial charge in [0.05, 0.1) is 6.54 Å². The van der Waals surface area contributed by atoms with Gasteiger partial charge >= 0.3 is 0 Å². The second-order valence-corrected chi connectivity index (χ2v) is 4.39. The molecule has 0 amide bonds. The molecule has 0 heterocycles. The minimum absolute atomic E-state index is 0.274. The summed E-state index contributed by atoms with van der Waals surface area (Å²) in [4.78, 5) is 2.75. The smallest absolute Gasteiger partial charge is 0.131 e. The van der Waals surface area contributed by atoms with Crippen molar-refractivity contribution in [1.29, 1.82) is 0 Å². The van der Waals surface area contributed by atoms with E-state index in [0.29, 0.717) is 6.54 Å². The predicted molar refractivity (Wildman–Crippen MR) is 76.0 cm³/mol. The summed E-state index contributed by atoms with van der Waals surface area (Å²) < 4.78 is 0. The van der Waals surface area contributed by atoms with E-state index in [1.807, 2.05) is 48.5 Å². The molecule has 0 saturated carbocycles. The third kappa shape index (κ3) is 1.94. The van der Waals surface area contributed by atoms with Crippen LogP contribution in [0.2, 0.25) is 0 Å². The van der Waals surface area contributed by atoms with Crippen molar-refractivity contribution >= 4 is 21.5 Å². The largest absolute Gasteiger partial charge is 0.507 e. The molecule has 0 bridgehead atoms. The number of fused-ring (bicyclic) bond motifs is 2. The molecule has 3 aromatic rings. The van der Waals surface area contributed by atoms with Gasteiger partial charge in [0.25, 0.3) is 0 Å². The molecule has 0 spiro atoms. The second kappa shape index (κ2) is 4.52. The molecular weight excluding hydrogens is 238 g/mol. The lowest BCUT2D eigenvalue weighted by Gasteiger charge is -2.07. The van der Waals surface area contributed by atoms with Crippen LogP contribution in [0.4, 0.5) is 0 Å². The summed E-state index contributed by atoms with van der Waals surface area (Å²) in [6.45, 7) is 0.290. The number of nitrogens with zero attached hydrogens (tertiary/aromatic N) is 3. The number of hydrogen-bond donors (Lipinski definition) is 1. The van der Waals surface area contributed by atoms with E-state index in [0.717, 1.165) is 27.1 Å². The Morgan fingerprint density at radius 2 is 1.79 bits per heavy atom. The number of benzene rings is 3. The van der Waals surface area contributed by atoms with E-state index < -0.39 is 0 Å². The zero-order valence-electron chi connectivity index (χ0n) is 10.1. The van der Waals surface area contributed by atoms with Gasteiger partial charge in [-0.1, -0.05) is 41.5 Å². The van der Waals surface area contributed by atoms with Crippen LogP contribution in [0.15, 0.2) is 53.6 Å². The highest BCUT2D eigenvalue weighted by molar-refractivity contribution is 6.05. The standard InChI is InChI=1S/C15H11N3O/c16-18-17-9-10-5-6-12-8-11-3-1-2-4-13(11)15(19)14(12)7-10/h1-8,19H,9H2. The summed E-state index contributed by atoms with van der Waals surface area (Å²) >= 11 is 0. The van der Waals surface area contributed by atoms with Crippen molar-refractivity contribution in [2.24, 2.45) is 5.11 Å². The van der Waals surface area contributed by atoms with Crippen LogP contribution in [0.5, 0.6) is 5.75 Å². The zero-order valence-corrected chi connectivity index (χ0v) is 10.1. The Morgan fingerprint density at radius 3 is 2.63 bits per heavy atom. The van der Waals surface area contributed by atoms with Gasteiger partial charge in [-0.15, -0.1) is 0 Å². The fourth-order valence-electron chi connectivity index (χ4n) is 2.30. The molecule has 3 rings (SSSR count). The normalized spacial score (nSPS) is 10.5. The molecule has 92 valence electrons. The summed E-state index contributed by atoms with van der Waals surface area (Å²) in [5, 5.41) is 17.5. The lowest BCUT2D eigenvalue weighted by molar-refractivity contribution is 0.488. The van der Waals surface area contributed by atoms with E-state index in [1.165, 1.54) is 0 Å². The molecule has 0 aliphatic heterocycles. The number of aromatic hydroxyl groups is 1. The van der Waals surface area contributed by atoms with Gasteiger partial charge in [-0.25, -0.2) is 0 Å². The summed E-state index contributed by atoms with van der Waals surface area (Å²) in [6, 6.07) is 15.5. The van der Waals surface area contributed by atoms with E-state index in [2.05, 4.69) is 10.0 Å². The van der Waals surface area contributed by atoms with Crippen LogP contribution in [0.25, 0.3) is 32.0 Å². The van der Waals surface area contributed by atoms with Crippen molar-refractivity contribution in [2.45, 2.75) is 6.54 Å². The quantitative estimate of drug-likeness (QED) is 0.308. The first-order valence-electron chi connectivity index (χ1n) is 5.94. The van der Waals surface area contributed by atoms with Crippen molar-refractivity contribution in [3.8, 4) is 5.75 Å². The van der Waals surface area contributed by atoms with Crippen molar-refractivity contribution in [1.82, 2.24) is 0 Å². The summed E-state index contributed by atoms with van der Waals surface area (Å²) in [5.74, 6) is 0.274. The van der Waals surface area contributed by atoms with Crippen molar-refractivity contribution < 1.29 is 5.11 Å². The topological polar surface area (TPSA) is 69.0 Å². The molecule has 0 aliphatic rings. The molecule has 0 aromatic heterocycles. The lowest BCUT2D eigenvalue weighted by Crippen LogP contribution is -1.83. The van der Waals surface area contributed by atoms with Crippen LogP contribution in [-0.4, -0.2) is 5.11 Å². The molecule has 0 atom stereocenters. The molecule has 0 saturated heterocycles. The Kier molecular flexibility index (Phi) is 2.71. The Morgan fingerprint density at radius 1 is 1.00 bits per heavy atom. The average Bonchev–Trinajstić information content (AvgIpc) is 2.46. The molecule has 0 fully saturated rings. The first-order valence-corrected chi connectivity index (χ1v) is 5.94. The molecule has 0 radical (unpaired) electrons. The Labute approximate surface area is 109 Å². The van der Waals surface area contributed by atoms with Gasteiger partial charge < -0.3 is 5.11 Å². The van der Waals surface area contributed by atoms with Gasteiger partial charge in [0.2, 0.25) is 0 Å². The van der Waals surface area contributed by atoms with Gasteiger partial charge in [0.1, 0.15) is 5.75 Å². The first kappa shape index (κ1) is 11.4. The van der Waals surface area contributed by atoms with Crippen molar-refractivity contribution in [3.63, 3.8) is 0 Å². The average molecular weight is 249 g/mol. The molecule has 3 aromatic carbocycles. The molecule has 4 nitrogen and oxygen atoms in total. The van der Waals surface area contributed by atoms with Crippen LogP contribution >= 0.6 is 0 Å². The van der Waals surface area contributed by atoms with Gasteiger partial charge in [-0.3, -0.25) is 0 Å². The fraction of sp³-hybridized carbons (Fsp3) is 0.0667. The van der Waals surface area contributed by atoms with E-state index in [-0.39, 0.29) is 5.75 Å².